The second-order valence-electron chi connectivity index (χ2n) is 3.26. The van der Waals surface area contributed by atoms with Crippen LogP contribution in [0.5, 0.6) is 5.75 Å². The molecule has 0 N–H and O–H groups in total. The number of rotatable bonds is 4. The molecule has 0 saturated heterocycles. The van der Waals surface area contributed by atoms with Gasteiger partial charge in [-0.2, -0.15) is 17.6 Å². The van der Waals surface area contributed by atoms with Crippen molar-refractivity contribution in [2.75, 3.05) is 0 Å². The fourth-order valence-electron chi connectivity index (χ4n) is 0.960. The van der Waals surface area contributed by atoms with Crippen molar-refractivity contribution in [2.24, 2.45) is 0 Å². The van der Waals surface area contributed by atoms with Crippen molar-refractivity contribution < 1.29 is 35.2 Å². The summed E-state index contributed by atoms with van der Waals surface area (Å²) in [6, 6.07) is 2.02. The van der Waals surface area contributed by atoms with Crippen molar-refractivity contribution in [3.8, 4) is 5.75 Å². The van der Waals surface area contributed by atoms with Crippen LogP contribution in [0.4, 0.5) is 30.5 Å². The minimum Gasteiger partial charge on any atom is -0.445 e. The zero-order chi connectivity index (χ0) is 14.2. The van der Waals surface area contributed by atoms with Gasteiger partial charge in [-0.25, -0.2) is 0 Å². The normalized spacial score (nSPS) is 13.6. The highest BCUT2D eigenvalue weighted by atomic mass is 79.9. The van der Waals surface area contributed by atoms with Crippen LogP contribution in [0.3, 0.4) is 0 Å². The first-order valence-corrected chi connectivity index (χ1v) is 5.16. The van der Waals surface area contributed by atoms with E-state index in [1.54, 1.807) is 0 Å². The van der Waals surface area contributed by atoms with E-state index in [0.717, 1.165) is 0 Å². The average molecular weight is 340 g/mol. The Labute approximate surface area is 105 Å². The highest BCUT2D eigenvalue weighted by Gasteiger charge is 2.57. The monoisotopic (exact) mass is 339 g/mol. The van der Waals surface area contributed by atoms with Gasteiger partial charge in [-0.3, -0.25) is 0 Å². The van der Waals surface area contributed by atoms with Crippen molar-refractivity contribution >= 4 is 28.4 Å². The number of benzene rings is 1. The Morgan fingerprint density at radius 3 is 1.72 bits per heavy atom. The van der Waals surface area contributed by atoms with Crippen molar-refractivity contribution in [2.45, 2.75) is 10.9 Å². The topological polar surface area (TPSA) is 9.23 Å². The van der Waals surface area contributed by atoms with Crippen molar-refractivity contribution in [1.82, 2.24) is 0 Å². The molecule has 0 aliphatic heterocycles. The lowest BCUT2D eigenvalue weighted by Gasteiger charge is -2.22. The largest absolute Gasteiger partial charge is 0.509 e. The van der Waals surface area contributed by atoms with Gasteiger partial charge in [-0.1, -0.05) is 12.1 Å². The van der Waals surface area contributed by atoms with E-state index in [2.05, 4.69) is 4.74 Å². The molecule has 0 fully saturated rings. The van der Waals surface area contributed by atoms with Gasteiger partial charge in [0.05, 0.1) is 0 Å². The Kier molecular flexibility index (Phi) is 3.90. The third-order valence-corrected chi connectivity index (χ3v) is 2.30. The van der Waals surface area contributed by atoms with E-state index in [-0.39, 0.29) is 0 Å². The van der Waals surface area contributed by atoms with E-state index >= 15 is 0 Å². The van der Waals surface area contributed by atoms with Crippen molar-refractivity contribution in [3.63, 3.8) is 0 Å². The second-order valence-corrected chi connectivity index (χ2v) is 4.26. The van der Waals surface area contributed by atoms with Gasteiger partial charge in [0.15, 0.2) is 0 Å². The number of ether oxygens (including phenoxy) is 1. The molecule has 0 aliphatic carbocycles. The maximum absolute atomic E-state index is 12.7. The molecule has 1 nitrogen and oxygen atoms in total. The molecule has 10 heteroatoms. The summed E-state index contributed by atoms with van der Waals surface area (Å²) in [5.41, 5.74) is -1.05. The number of hydrogen-bond donors (Lipinski definition) is 0. The summed E-state index contributed by atoms with van der Waals surface area (Å²) in [4.78, 5) is -4.63. The van der Waals surface area contributed by atoms with E-state index in [1.165, 1.54) is 15.9 Å². The van der Waals surface area contributed by atoms with Crippen molar-refractivity contribution in [3.05, 3.63) is 24.3 Å². The molecule has 0 saturated carbocycles. The van der Waals surface area contributed by atoms with Crippen LogP contribution in [0.25, 0.3) is 0 Å². The quantitative estimate of drug-likeness (QED) is 0.462. The average Bonchev–Trinajstić information content (AvgIpc) is 2.14. The Morgan fingerprint density at radius 2 is 1.39 bits per heavy atom. The SMILES string of the molecule is F[B-](F)(F)c1ccc(OC(F)(F)C(F)(F)Br)cc1. The van der Waals surface area contributed by atoms with Crippen LogP contribution < -0.4 is 10.2 Å². The zero-order valence-electron chi connectivity index (χ0n) is 8.32. The first-order valence-electron chi connectivity index (χ1n) is 4.37. The summed E-state index contributed by atoms with van der Waals surface area (Å²) < 4.78 is 90.3. The molecule has 0 unspecified atom stereocenters. The lowest BCUT2D eigenvalue weighted by Crippen LogP contribution is -2.40. The molecule has 18 heavy (non-hydrogen) atoms. The summed E-state index contributed by atoms with van der Waals surface area (Å²) in [6.07, 6.45) is -4.88. The highest BCUT2D eigenvalue weighted by molar-refractivity contribution is 9.10. The second kappa shape index (κ2) is 4.63. The summed E-state index contributed by atoms with van der Waals surface area (Å²) >= 11 is 1.42. The maximum atomic E-state index is 12.7. The number of hydrogen-bond acceptors (Lipinski definition) is 1. The molecular weight excluding hydrogens is 336 g/mol. The zero-order valence-corrected chi connectivity index (χ0v) is 9.90. The molecule has 0 atom stereocenters. The number of halogens is 8. The number of alkyl halides is 5. The predicted octanol–water partition coefficient (Wildman–Crippen LogP) is 3.70. The standard InChI is InChI=1S/C8H4BBrF7O/c10-7(11,12)8(13,14)18-6-3-1-5(2-4-6)9(15,16)17/h1-4H/q-1. The molecule has 0 bridgehead atoms. The Morgan fingerprint density at radius 1 is 0.944 bits per heavy atom. The molecule has 102 valence electrons. The maximum Gasteiger partial charge on any atom is 0.509 e. The van der Waals surface area contributed by atoms with Crippen LogP contribution in [-0.2, 0) is 0 Å². The molecule has 0 amide bonds. The highest BCUT2D eigenvalue weighted by Crippen LogP contribution is 2.40. The van der Waals surface area contributed by atoms with Gasteiger partial charge in [-0.15, -0.1) is 5.46 Å². The Balaban J connectivity index is 2.89. The third-order valence-electron chi connectivity index (χ3n) is 1.83. The lowest BCUT2D eigenvalue weighted by atomic mass is 9.80. The van der Waals surface area contributed by atoms with E-state index in [4.69, 9.17) is 0 Å². The first-order chi connectivity index (χ1) is 7.93. The minimum absolute atomic E-state index is 0.470. The Bertz CT molecular complexity index is 411. The fourth-order valence-corrected chi connectivity index (χ4v) is 1.04. The van der Waals surface area contributed by atoms with E-state index in [9.17, 15) is 30.5 Å². The summed E-state index contributed by atoms with van der Waals surface area (Å²) in [5.74, 6) is -0.803. The van der Waals surface area contributed by atoms with Crippen LogP contribution in [-0.4, -0.2) is 17.9 Å². The van der Waals surface area contributed by atoms with Crippen LogP contribution in [0, 0.1) is 0 Å². The lowest BCUT2D eigenvalue weighted by molar-refractivity contribution is -0.266. The first kappa shape index (κ1) is 15.1. The molecule has 0 heterocycles. The third kappa shape index (κ3) is 3.53. The molecule has 1 aromatic carbocycles. The minimum atomic E-state index is -5.28. The van der Waals surface area contributed by atoms with Crippen LogP contribution in [0.15, 0.2) is 24.3 Å². The Hall–Kier alpha value is -0.925. The van der Waals surface area contributed by atoms with E-state index < -0.39 is 29.1 Å². The van der Waals surface area contributed by atoms with E-state index in [0.29, 0.717) is 24.3 Å². The summed E-state index contributed by atoms with van der Waals surface area (Å²) in [6.45, 7) is -5.28. The van der Waals surface area contributed by atoms with E-state index in [1.807, 2.05) is 0 Å². The van der Waals surface area contributed by atoms with Gasteiger partial charge in [-0.05, 0) is 12.1 Å². The predicted molar refractivity (Wildman–Crippen MR) is 54.6 cm³/mol. The molecule has 0 spiro atoms. The van der Waals surface area contributed by atoms with Crippen molar-refractivity contribution in [1.29, 1.82) is 0 Å². The smallest absolute Gasteiger partial charge is 0.445 e. The van der Waals surface area contributed by atoms with Crippen LogP contribution in [0.2, 0.25) is 0 Å². The summed E-state index contributed by atoms with van der Waals surface area (Å²) in [7, 11) is 0. The molecule has 1 aromatic rings. The van der Waals surface area contributed by atoms with Crippen LogP contribution in [0.1, 0.15) is 0 Å². The van der Waals surface area contributed by atoms with Crippen LogP contribution >= 0.6 is 15.9 Å². The molecule has 1 rings (SSSR count). The van der Waals surface area contributed by atoms with Gasteiger partial charge in [0.2, 0.25) is 0 Å². The molecule has 0 aliphatic rings. The molecular formula is C8H4BBrF7O-. The van der Waals surface area contributed by atoms with Gasteiger partial charge in [0.1, 0.15) is 5.75 Å². The fraction of sp³-hybridized carbons (Fsp3) is 0.250. The van der Waals surface area contributed by atoms with Gasteiger partial charge < -0.3 is 17.7 Å². The van der Waals surface area contributed by atoms with Gasteiger partial charge in [0.25, 0.3) is 0 Å². The van der Waals surface area contributed by atoms with Gasteiger partial charge in [0, 0.05) is 15.9 Å². The van der Waals surface area contributed by atoms with Gasteiger partial charge >= 0.3 is 17.9 Å². The molecule has 0 radical (unpaired) electrons. The molecule has 0 aromatic heterocycles. The summed E-state index contributed by atoms with van der Waals surface area (Å²) in [5, 5.41) is 0.